The Bertz CT molecular complexity index is 2310. The normalized spacial score (nSPS) is 11.0. The average molecular weight is 642 g/mol. The van der Waals surface area contributed by atoms with E-state index in [1.165, 1.54) is 33.4 Å². The van der Waals surface area contributed by atoms with Crippen molar-refractivity contribution >= 4 is 0 Å². The third kappa shape index (κ3) is 6.63. The van der Waals surface area contributed by atoms with E-state index in [2.05, 4.69) is 159 Å². The monoisotopic (exact) mass is 641 g/mol. The van der Waals surface area contributed by atoms with Crippen LogP contribution in [0.5, 0.6) is 0 Å². The third-order valence-electron chi connectivity index (χ3n) is 9.00. The predicted octanol–water partition coefficient (Wildman–Crippen LogP) is 12.2. The van der Waals surface area contributed by atoms with Crippen molar-refractivity contribution in [3.05, 3.63) is 187 Å². The number of benzene rings is 7. The first-order valence-corrected chi connectivity index (χ1v) is 16.9. The molecule has 1 heterocycles. The molecule has 0 unspecified atom stereocenters. The van der Waals surface area contributed by atoms with Gasteiger partial charge in [0, 0.05) is 16.7 Å². The van der Waals surface area contributed by atoms with E-state index in [0.29, 0.717) is 17.5 Å². The van der Waals surface area contributed by atoms with Crippen LogP contribution in [0.4, 0.5) is 0 Å². The van der Waals surface area contributed by atoms with Crippen molar-refractivity contribution in [1.82, 2.24) is 15.0 Å². The summed E-state index contributed by atoms with van der Waals surface area (Å²) in [5.41, 5.74) is 14.6. The fourth-order valence-electron chi connectivity index (χ4n) is 6.43. The Labute approximate surface area is 293 Å². The van der Waals surface area contributed by atoms with Crippen LogP contribution in [0, 0.1) is 13.8 Å². The number of hydrogen-bond donors (Lipinski definition) is 0. The molecule has 0 N–H and O–H groups in total. The van der Waals surface area contributed by atoms with Gasteiger partial charge in [0.1, 0.15) is 0 Å². The summed E-state index contributed by atoms with van der Waals surface area (Å²) in [5, 5.41) is 0. The Hall–Kier alpha value is -6.45. The minimum absolute atomic E-state index is 0.636. The molecule has 0 saturated carbocycles. The largest absolute Gasteiger partial charge is 0.208 e. The lowest BCUT2D eigenvalue weighted by molar-refractivity contribution is 1.07. The molecule has 0 aliphatic rings. The van der Waals surface area contributed by atoms with Crippen molar-refractivity contribution in [1.29, 1.82) is 0 Å². The summed E-state index contributed by atoms with van der Waals surface area (Å²) in [6.45, 7) is 4.26. The van der Waals surface area contributed by atoms with Crippen molar-refractivity contribution in [2.24, 2.45) is 0 Å². The Morgan fingerprint density at radius 3 is 0.860 bits per heavy atom. The molecule has 0 fully saturated rings. The first-order valence-electron chi connectivity index (χ1n) is 16.9. The van der Waals surface area contributed by atoms with Gasteiger partial charge in [-0.3, -0.25) is 0 Å². The summed E-state index contributed by atoms with van der Waals surface area (Å²) in [6, 6.07) is 61.7. The second kappa shape index (κ2) is 13.6. The van der Waals surface area contributed by atoms with Crippen LogP contribution in [-0.2, 0) is 0 Å². The molecule has 0 saturated heterocycles. The maximum Gasteiger partial charge on any atom is 0.164 e. The second-order valence-electron chi connectivity index (χ2n) is 12.7. The zero-order valence-corrected chi connectivity index (χ0v) is 28.1. The molecule has 0 atom stereocenters. The van der Waals surface area contributed by atoms with Crippen molar-refractivity contribution < 1.29 is 0 Å². The van der Waals surface area contributed by atoms with Crippen molar-refractivity contribution in [3.63, 3.8) is 0 Å². The summed E-state index contributed by atoms with van der Waals surface area (Å²) < 4.78 is 0. The lowest BCUT2D eigenvalue weighted by Crippen LogP contribution is -2.00. The molecule has 238 valence electrons. The van der Waals surface area contributed by atoms with Gasteiger partial charge in [-0.15, -0.1) is 0 Å². The molecular weight excluding hydrogens is 607 g/mol. The van der Waals surface area contributed by atoms with Gasteiger partial charge in [-0.2, -0.15) is 0 Å². The molecule has 0 spiro atoms. The summed E-state index contributed by atoms with van der Waals surface area (Å²) in [7, 11) is 0. The van der Waals surface area contributed by atoms with Gasteiger partial charge >= 0.3 is 0 Å². The molecular formula is C47H35N3. The van der Waals surface area contributed by atoms with Gasteiger partial charge in [-0.25, -0.2) is 15.0 Å². The quantitative estimate of drug-likeness (QED) is 0.174. The zero-order chi connectivity index (χ0) is 33.9. The lowest BCUT2D eigenvalue weighted by Gasteiger charge is -2.11. The molecule has 0 aliphatic carbocycles. The molecule has 8 rings (SSSR count). The number of nitrogens with zero attached hydrogens (tertiary/aromatic N) is 3. The second-order valence-corrected chi connectivity index (χ2v) is 12.7. The maximum absolute atomic E-state index is 5.10. The van der Waals surface area contributed by atoms with Gasteiger partial charge in [-0.05, 0) is 82.6 Å². The van der Waals surface area contributed by atoms with Gasteiger partial charge < -0.3 is 0 Å². The van der Waals surface area contributed by atoms with Crippen LogP contribution in [0.15, 0.2) is 176 Å². The summed E-state index contributed by atoms with van der Waals surface area (Å²) >= 11 is 0. The predicted molar refractivity (Wildman–Crippen MR) is 207 cm³/mol. The van der Waals surface area contributed by atoms with E-state index in [0.717, 1.165) is 38.9 Å². The highest BCUT2D eigenvalue weighted by Gasteiger charge is 2.14. The van der Waals surface area contributed by atoms with E-state index in [9.17, 15) is 0 Å². The van der Waals surface area contributed by atoms with E-state index in [1.807, 2.05) is 30.3 Å². The summed E-state index contributed by atoms with van der Waals surface area (Å²) in [6.07, 6.45) is 0. The molecule has 8 aromatic rings. The Balaban J connectivity index is 1.19. The van der Waals surface area contributed by atoms with Crippen LogP contribution in [0.1, 0.15) is 11.1 Å². The number of hydrogen-bond acceptors (Lipinski definition) is 3. The smallest absolute Gasteiger partial charge is 0.164 e. The molecule has 3 heteroatoms. The van der Waals surface area contributed by atoms with Gasteiger partial charge in [0.15, 0.2) is 17.5 Å². The summed E-state index contributed by atoms with van der Waals surface area (Å²) in [4.78, 5) is 15.1. The lowest BCUT2D eigenvalue weighted by atomic mass is 9.97. The molecule has 0 radical (unpaired) electrons. The Morgan fingerprint density at radius 1 is 0.240 bits per heavy atom. The maximum atomic E-state index is 5.10. The van der Waals surface area contributed by atoms with Crippen LogP contribution in [0.3, 0.4) is 0 Å². The molecule has 0 aliphatic heterocycles. The highest BCUT2D eigenvalue weighted by Crippen LogP contribution is 2.33. The SMILES string of the molecule is Cc1cccc(-c2cccc(-c3cccc(-c4nc(-c5ccccc5)nc(-c5cccc(-c6cccc(-c7cccc(C)c7)c6)c5)n4)c3)c2)c1. The average Bonchev–Trinajstić information content (AvgIpc) is 3.18. The summed E-state index contributed by atoms with van der Waals surface area (Å²) in [5.74, 6) is 1.92. The van der Waals surface area contributed by atoms with Crippen LogP contribution >= 0.6 is 0 Å². The van der Waals surface area contributed by atoms with Gasteiger partial charge in [0.05, 0.1) is 0 Å². The van der Waals surface area contributed by atoms with Gasteiger partial charge in [0.2, 0.25) is 0 Å². The molecule has 50 heavy (non-hydrogen) atoms. The topological polar surface area (TPSA) is 38.7 Å². The van der Waals surface area contributed by atoms with Crippen molar-refractivity contribution in [3.8, 4) is 78.7 Å². The highest BCUT2D eigenvalue weighted by molar-refractivity contribution is 5.78. The third-order valence-corrected chi connectivity index (χ3v) is 9.00. The van der Waals surface area contributed by atoms with Crippen LogP contribution in [0.2, 0.25) is 0 Å². The minimum atomic E-state index is 0.636. The molecule has 7 aromatic carbocycles. The van der Waals surface area contributed by atoms with Crippen LogP contribution in [-0.4, -0.2) is 15.0 Å². The zero-order valence-electron chi connectivity index (χ0n) is 28.1. The number of aryl methyl sites for hydroxylation is 2. The Morgan fingerprint density at radius 2 is 0.500 bits per heavy atom. The Kier molecular flexibility index (Phi) is 8.38. The molecule has 1 aromatic heterocycles. The first-order chi connectivity index (χ1) is 24.6. The van der Waals surface area contributed by atoms with E-state index in [-0.39, 0.29) is 0 Å². The highest BCUT2D eigenvalue weighted by atomic mass is 15.0. The van der Waals surface area contributed by atoms with Crippen LogP contribution < -0.4 is 0 Å². The van der Waals surface area contributed by atoms with Crippen LogP contribution in [0.25, 0.3) is 78.7 Å². The molecule has 0 amide bonds. The van der Waals surface area contributed by atoms with Crippen molar-refractivity contribution in [2.75, 3.05) is 0 Å². The van der Waals surface area contributed by atoms with Crippen molar-refractivity contribution in [2.45, 2.75) is 13.8 Å². The minimum Gasteiger partial charge on any atom is -0.208 e. The number of aromatic nitrogens is 3. The molecule has 3 nitrogen and oxygen atoms in total. The first kappa shape index (κ1) is 30.9. The van der Waals surface area contributed by atoms with E-state index < -0.39 is 0 Å². The standard InChI is InChI=1S/C47H35N3/c1-32-12-6-16-35(26-32)37-18-8-20-39(28-37)41-22-10-24-43(30-41)46-48-45(34-14-4-3-5-15-34)49-47(50-46)44-25-11-23-42(31-44)40-21-9-19-38(29-40)36-17-7-13-33(2)27-36/h3-31H,1-2H3. The molecule has 0 bridgehead atoms. The van der Waals surface area contributed by atoms with Gasteiger partial charge in [-0.1, -0.05) is 163 Å². The fraction of sp³-hybridized carbons (Fsp3) is 0.0426. The number of rotatable bonds is 7. The van der Waals surface area contributed by atoms with E-state index >= 15 is 0 Å². The fourth-order valence-corrected chi connectivity index (χ4v) is 6.43. The van der Waals surface area contributed by atoms with E-state index in [4.69, 9.17) is 15.0 Å². The van der Waals surface area contributed by atoms with E-state index in [1.54, 1.807) is 0 Å². The van der Waals surface area contributed by atoms with Gasteiger partial charge in [0.25, 0.3) is 0 Å².